The Labute approximate surface area is 95.9 Å². The maximum atomic E-state index is 12.6. The highest BCUT2D eigenvalue weighted by Gasteiger charge is 2.42. The minimum Gasteiger partial charge on any atom is -0.395 e. The topological polar surface area (TPSA) is 80.4 Å². The molecular formula is C9H10F3NO3S. The summed E-state index contributed by atoms with van der Waals surface area (Å²) in [4.78, 5) is -0.628. The van der Waals surface area contributed by atoms with Crippen molar-refractivity contribution in [1.82, 2.24) is 0 Å². The first-order valence-corrected chi connectivity index (χ1v) is 6.02. The monoisotopic (exact) mass is 269 g/mol. The number of hydrogen-bond donors (Lipinski definition) is 2. The molecule has 0 radical (unpaired) electrons. The molecule has 0 fully saturated rings. The number of rotatable bonds is 3. The molecule has 0 aliphatic rings. The van der Waals surface area contributed by atoms with Gasteiger partial charge in [-0.05, 0) is 11.6 Å². The standard InChI is InChI=1S/C9H10F3NO3S/c10-9(11,12)7(5-14)6-3-1-2-4-8(6)17(13,15)16/h1-4,7,14H,5H2,(H2,13,15,16). The third-order valence-corrected chi connectivity index (χ3v) is 3.16. The van der Waals surface area contributed by atoms with E-state index >= 15 is 0 Å². The Morgan fingerprint density at radius 2 is 1.82 bits per heavy atom. The molecule has 3 N–H and O–H groups in total. The molecule has 1 unspecified atom stereocenters. The van der Waals surface area contributed by atoms with E-state index in [9.17, 15) is 21.6 Å². The van der Waals surface area contributed by atoms with Gasteiger partial charge in [-0.25, -0.2) is 13.6 Å². The van der Waals surface area contributed by atoms with Crippen molar-refractivity contribution in [1.29, 1.82) is 0 Å². The van der Waals surface area contributed by atoms with Gasteiger partial charge in [-0.3, -0.25) is 0 Å². The van der Waals surface area contributed by atoms with E-state index < -0.39 is 39.2 Å². The SMILES string of the molecule is NS(=O)(=O)c1ccccc1C(CO)C(F)(F)F. The Kier molecular flexibility index (Phi) is 3.80. The number of benzene rings is 1. The predicted octanol–water partition coefficient (Wildman–Crippen LogP) is 0.972. The Morgan fingerprint density at radius 1 is 1.29 bits per heavy atom. The lowest BCUT2D eigenvalue weighted by Crippen LogP contribution is -2.27. The van der Waals surface area contributed by atoms with Gasteiger partial charge in [0.2, 0.25) is 10.0 Å². The molecule has 96 valence electrons. The molecule has 0 bridgehead atoms. The number of aliphatic hydroxyl groups is 1. The highest BCUT2D eigenvalue weighted by molar-refractivity contribution is 7.89. The summed E-state index contributed by atoms with van der Waals surface area (Å²) in [5, 5.41) is 13.6. The molecule has 17 heavy (non-hydrogen) atoms. The molecule has 0 aromatic heterocycles. The predicted molar refractivity (Wildman–Crippen MR) is 53.7 cm³/mol. The maximum Gasteiger partial charge on any atom is 0.397 e. The van der Waals surface area contributed by atoms with Crippen molar-refractivity contribution in [3.63, 3.8) is 0 Å². The molecule has 8 heteroatoms. The molecule has 4 nitrogen and oxygen atoms in total. The van der Waals surface area contributed by atoms with Gasteiger partial charge in [0.25, 0.3) is 0 Å². The summed E-state index contributed by atoms with van der Waals surface area (Å²) < 4.78 is 60.0. The van der Waals surface area contributed by atoms with E-state index in [2.05, 4.69) is 0 Å². The average Bonchev–Trinajstić information content (AvgIpc) is 2.15. The van der Waals surface area contributed by atoms with Crippen LogP contribution >= 0.6 is 0 Å². The van der Waals surface area contributed by atoms with Crippen LogP contribution in [0.1, 0.15) is 11.5 Å². The number of halogens is 3. The molecule has 0 saturated heterocycles. The fourth-order valence-electron chi connectivity index (χ4n) is 1.41. The number of hydrogen-bond acceptors (Lipinski definition) is 3. The molecule has 0 saturated carbocycles. The summed E-state index contributed by atoms with van der Waals surface area (Å²) >= 11 is 0. The van der Waals surface area contributed by atoms with Gasteiger partial charge >= 0.3 is 6.18 Å². The summed E-state index contributed by atoms with van der Waals surface area (Å²) in [6.07, 6.45) is -4.74. The van der Waals surface area contributed by atoms with Gasteiger partial charge in [-0.1, -0.05) is 18.2 Å². The van der Waals surface area contributed by atoms with Crippen molar-refractivity contribution in [2.24, 2.45) is 5.14 Å². The van der Waals surface area contributed by atoms with Gasteiger partial charge in [-0.2, -0.15) is 13.2 Å². The first kappa shape index (κ1) is 13.9. The first-order chi connectivity index (χ1) is 7.68. The van der Waals surface area contributed by atoms with Crippen molar-refractivity contribution < 1.29 is 26.7 Å². The van der Waals surface area contributed by atoms with E-state index in [1.54, 1.807) is 0 Å². The smallest absolute Gasteiger partial charge is 0.395 e. The lowest BCUT2D eigenvalue weighted by atomic mass is 9.99. The third-order valence-electron chi connectivity index (χ3n) is 2.18. The quantitative estimate of drug-likeness (QED) is 0.858. The second kappa shape index (κ2) is 4.63. The Balaban J connectivity index is 3.41. The number of nitrogens with two attached hydrogens (primary N) is 1. The molecule has 1 rings (SSSR count). The zero-order chi connectivity index (χ0) is 13.3. The highest BCUT2D eigenvalue weighted by Crippen LogP contribution is 2.36. The fourth-order valence-corrected chi connectivity index (χ4v) is 2.21. The van der Waals surface area contributed by atoms with Crippen LogP contribution in [0.25, 0.3) is 0 Å². The van der Waals surface area contributed by atoms with Crippen LogP contribution in [0.5, 0.6) is 0 Å². The van der Waals surface area contributed by atoms with Gasteiger partial charge in [0, 0.05) is 0 Å². The summed E-state index contributed by atoms with van der Waals surface area (Å²) in [7, 11) is -4.26. The summed E-state index contributed by atoms with van der Waals surface area (Å²) in [6, 6.07) is 4.46. The summed E-state index contributed by atoms with van der Waals surface area (Å²) in [5.41, 5.74) is -0.551. The molecule has 0 amide bonds. The fraction of sp³-hybridized carbons (Fsp3) is 0.333. The van der Waals surface area contributed by atoms with Gasteiger partial charge < -0.3 is 5.11 Å². The van der Waals surface area contributed by atoms with Crippen LogP contribution in [0.3, 0.4) is 0 Å². The van der Waals surface area contributed by atoms with Gasteiger partial charge in [0.15, 0.2) is 0 Å². The molecule has 1 aromatic carbocycles. The van der Waals surface area contributed by atoms with Crippen LogP contribution in [-0.4, -0.2) is 26.3 Å². The van der Waals surface area contributed by atoms with Crippen LogP contribution in [0.15, 0.2) is 29.2 Å². The zero-order valence-corrected chi connectivity index (χ0v) is 9.29. The molecular weight excluding hydrogens is 259 g/mol. The minimum atomic E-state index is -4.74. The summed E-state index contributed by atoms with van der Waals surface area (Å²) in [5.74, 6) is -2.27. The Bertz CT molecular complexity index is 498. The van der Waals surface area contributed by atoms with Crippen LogP contribution in [0, 0.1) is 0 Å². The number of alkyl halides is 3. The van der Waals surface area contributed by atoms with E-state index in [4.69, 9.17) is 10.2 Å². The number of sulfonamides is 1. The number of primary sulfonamides is 1. The third kappa shape index (κ3) is 3.18. The highest BCUT2D eigenvalue weighted by atomic mass is 32.2. The molecule has 1 atom stereocenters. The number of aliphatic hydroxyl groups excluding tert-OH is 1. The molecule has 0 aliphatic heterocycles. The lowest BCUT2D eigenvalue weighted by molar-refractivity contribution is -0.158. The first-order valence-electron chi connectivity index (χ1n) is 4.47. The van der Waals surface area contributed by atoms with Crippen molar-refractivity contribution in [2.75, 3.05) is 6.61 Å². The van der Waals surface area contributed by atoms with Crippen LogP contribution in [-0.2, 0) is 10.0 Å². The van der Waals surface area contributed by atoms with E-state index in [0.717, 1.165) is 12.1 Å². The lowest BCUT2D eigenvalue weighted by Gasteiger charge is -2.20. The van der Waals surface area contributed by atoms with Crippen molar-refractivity contribution in [3.8, 4) is 0 Å². The molecule has 1 aromatic rings. The second-order valence-corrected chi connectivity index (χ2v) is 4.89. The van der Waals surface area contributed by atoms with Gasteiger partial charge in [0.1, 0.15) is 5.92 Å². The van der Waals surface area contributed by atoms with E-state index in [0.29, 0.717) is 0 Å². The maximum absolute atomic E-state index is 12.6. The average molecular weight is 269 g/mol. The van der Waals surface area contributed by atoms with E-state index in [-0.39, 0.29) is 0 Å². The zero-order valence-electron chi connectivity index (χ0n) is 8.48. The van der Waals surface area contributed by atoms with Gasteiger partial charge in [0.05, 0.1) is 11.5 Å². The molecule has 0 heterocycles. The molecule has 0 aliphatic carbocycles. The van der Waals surface area contributed by atoms with E-state index in [1.165, 1.54) is 12.1 Å². The van der Waals surface area contributed by atoms with Gasteiger partial charge in [-0.15, -0.1) is 0 Å². The van der Waals surface area contributed by atoms with Crippen LogP contribution in [0.2, 0.25) is 0 Å². The Hall–Kier alpha value is -1.12. The van der Waals surface area contributed by atoms with Crippen LogP contribution < -0.4 is 5.14 Å². The van der Waals surface area contributed by atoms with Crippen LogP contribution in [0.4, 0.5) is 13.2 Å². The normalized spacial score (nSPS) is 14.6. The van der Waals surface area contributed by atoms with Crippen molar-refractivity contribution >= 4 is 10.0 Å². The second-order valence-electron chi connectivity index (χ2n) is 3.36. The summed E-state index contributed by atoms with van der Waals surface area (Å²) in [6.45, 7) is -1.24. The van der Waals surface area contributed by atoms with Crippen molar-refractivity contribution in [2.45, 2.75) is 17.0 Å². The largest absolute Gasteiger partial charge is 0.397 e. The van der Waals surface area contributed by atoms with Crippen molar-refractivity contribution in [3.05, 3.63) is 29.8 Å². The minimum absolute atomic E-state index is 0.551. The molecule has 0 spiro atoms. The Morgan fingerprint density at radius 3 is 2.24 bits per heavy atom. The van der Waals surface area contributed by atoms with E-state index in [1.807, 2.05) is 0 Å².